The minimum atomic E-state index is 0.0278. The summed E-state index contributed by atoms with van der Waals surface area (Å²) < 4.78 is 0. The van der Waals surface area contributed by atoms with Crippen LogP contribution >= 0.6 is 0 Å². The molecule has 0 radical (unpaired) electrons. The molecule has 0 unspecified atom stereocenters. The van der Waals surface area contributed by atoms with E-state index in [1.54, 1.807) is 0 Å². The molecule has 1 aliphatic heterocycles. The quantitative estimate of drug-likeness (QED) is 0.507. The fourth-order valence-corrected chi connectivity index (χ4v) is 0.996. The Morgan fingerprint density at radius 3 is 2.60 bits per heavy atom. The van der Waals surface area contributed by atoms with Gasteiger partial charge in [-0.1, -0.05) is 6.58 Å². The Labute approximate surface area is 62.1 Å². The molecule has 1 saturated heterocycles. The van der Waals surface area contributed by atoms with E-state index in [0.29, 0.717) is 0 Å². The van der Waals surface area contributed by atoms with Crippen LogP contribution in [0.5, 0.6) is 0 Å². The van der Waals surface area contributed by atoms with Gasteiger partial charge in [0.2, 0.25) is 0 Å². The lowest BCUT2D eigenvalue weighted by Gasteiger charge is -2.40. The van der Waals surface area contributed by atoms with Gasteiger partial charge in [-0.15, -0.1) is 0 Å². The standard InChI is InChI=1S/C7H15N3/c1-6-7(2,3)8-5-9-10(6)4/h8-9H,1,5H2,2-4H3. The van der Waals surface area contributed by atoms with Crippen molar-refractivity contribution in [2.75, 3.05) is 13.7 Å². The Balaban J connectivity index is 2.70. The van der Waals surface area contributed by atoms with Gasteiger partial charge in [-0.3, -0.25) is 5.32 Å². The third-order valence-corrected chi connectivity index (χ3v) is 1.97. The molecule has 2 N–H and O–H groups in total. The predicted molar refractivity (Wildman–Crippen MR) is 42.1 cm³/mol. The van der Waals surface area contributed by atoms with Gasteiger partial charge in [0, 0.05) is 12.7 Å². The highest BCUT2D eigenvalue weighted by Crippen LogP contribution is 2.17. The highest BCUT2D eigenvalue weighted by Gasteiger charge is 2.27. The second-order valence-electron chi connectivity index (χ2n) is 3.14. The van der Waals surface area contributed by atoms with Crippen molar-refractivity contribution >= 4 is 0 Å². The molecule has 0 bridgehead atoms. The highest BCUT2D eigenvalue weighted by molar-refractivity contribution is 5.12. The van der Waals surface area contributed by atoms with E-state index in [1.807, 2.05) is 12.1 Å². The number of nitrogens with one attached hydrogen (secondary N) is 2. The second kappa shape index (κ2) is 2.25. The first-order valence-electron chi connectivity index (χ1n) is 3.46. The first-order chi connectivity index (χ1) is 4.54. The molecule has 1 fully saturated rings. The molecule has 0 amide bonds. The molecule has 1 rings (SSSR count). The van der Waals surface area contributed by atoms with Gasteiger partial charge in [0.15, 0.2) is 0 Å². The van der Waals surface area contributed by atoms with E-state index in [2.05, 4.69) is 31.2 Å². The van der Waals surface area contributed by atoms with Crippen molar-refractivity contribution in [3.63, 3.8) is 0 Å². The zero-order chi connectivity index (χ0) is 7.78. The molecule has 1 heterocycles. The summed E-state index contributed by atoms with van der Waals surface area (Å²) in [7, 11) is 1.98. The van der Waals surface area contributed by atoms with Crippen LogP contribution in [0.25, 0.3) is 0 Å². The summed E-state index contributed by atoms with van der Waals surface area (Å²) in [5.41, 5.74) is 4.21. The van der Waals surface area contributed by atoms with Crippen molar-refractivity contribution in [3.8, 4) is 0 Å². The lowest BCUT2D eigenvalue weighted by molar-refractivity contribution is 0.175. The molecule has 0 aromatic rings. The minimum Gasteiger partial charge on any atom is -0.313 e. The predicted octanol–water partition coefficient (Wildman–Crippen LogP) is 0.276. The van der Waals surface area contributed by atoms with E-state index in [-0.39, 0.29) is 5.54 Å². The van der Waals surface area contributed by atoms with Crippen molar-refractivity contribution in [2.45, 2.75) is 19.4 Å². The normalized spacial score (nSPS) is 25.1. The highest BCUT2D eigenvalue weighted by atomic mass is 15.6. The molecule has 0 spiro atoms. The van der Waals surface area contributed by atoms with Gasteiger partial charge in [-0.2, -0.15) is 0 Å². The van der Waals surface area contributed by atoms with E-state index >= 15 is 0 Å². The van der Waals surface area contributed by atoms with Crippen LogP contribution in [-0.4, -0.2) is 24.3 Å². The van der Waals surface area contributed by atoms with Gasteiger partial charge in [-0.25, -0.2) is 5.43 Å². The monoisotopic (exact) mass is 141 g/mol. The molecule has 0 saturated carbocycles. The third-order valence-electron chi connectivity index (χ3n) is 1.97. The molecule has 0 aromatic heterocycles. The molecule has 10 heavy (non-hydrogen) atoms. The number of nitrogens with zero attached hydrogens (tertiary/aromatic N) is 1. The van der Waals surface area contributed by atoms with Crippen LogP contribution in [0.1, 0.15) is 13.8 Å². The fourth-order valence-electron chi connectivity index (χ4n) is 0.996. The Bertz CT molecular complexity index is 151. The molecule has 3 heteroatoms. The van der Waals surface area contributed by atoms with Gasteiger partial charge in [-0.05, 0) is 13.8 Å². The smallest absolute Gasteiger partial charge is 0.0647 e. The lowest BCUT2D eigenvalue weighted by atomic mass is 10.0. The van der Waals surface area contributed by atoms with Gasteiger partial charge >= 0.3 is 0 Å². The SMILES string of the molecule is C=C1N(C)NCNC1(C)C. The molecule has 0 atom stereocenters. The van der Waals surface area contributed by atoms with Crippen molar-refractivity contribution in [1.82, 2.24) is 15.8 Å². The maximum Gasteiger partial charge on any atom is 0.0647 e. The zero-order valence-electron chi connectivity index (χ0n) is 6.86. The first-order valence-corrected chi connectivity index (χ1v) is 3.46. The summed E-state index contributed by atoms with van der Waals surface area (Å²) in [4.78, 5) is 0. The zero-order valence-corrected chi connectivity index (χ0v) is 6.86. The second-order valence-corrected chi connectivity index (χ2v) is 3.14. The molecule has 3 nitrogen and oxygen atoms in total. The molecule has 58 valence electrons. The van der Waals surface area contributed by atoms with Crippen LogP contribution < -0.4 is 10.7 Å². The van der Waals surface area contributed by atoms with Crippen LogP contribution in [0, 0.1) is 0 Å². The molecular weight excluding hydrogens is 126 g/mol. The van der Waals surface area contributed by atoms with Crippen LogP contribution in [0.2, 0.25) is 0 Å². The Hall–Kier alpha value is -0.540. The molecule has 1 aliphatic rings. The topological polar surface area (TPSA) is 27.3 Å². The van der Waals surface area contributed by atoms with Crippen LogP contribution in [0.15, 0.2) is 12.3 Å². The minimum absolute atomic E-state index is 0.0278. The van der Waals surface area contributed by atoms with Crippen molar-refractivity contribution in [3.05, 3.63) is 12.3 Å². The largest absolute Gasteiger partial charge is 0.313 e. The summed E-state index contributed by atoms with van der Waals surface area (Å²) in [5.74, 6) is 0. The molecule has 0 aliphatic carbocycles. The number of hydrogen-bond acceptors (Lipinski definition) is 3. The maximum absolute atomic E-state index is 3.95. The van der Waals surface area contributed by atoms with Crippen molar-refractivity contribution in [2.24, 2.45) is 0 Å². The number of likely N-dealkylation sites (N-methyl/N-ethyl adjacent to an activating group) is 1. The number of rotatable bonds is 0. The van der Waals surface area contributed by atoms with Crippen LogP contribution in [0.4, 0.5) is 0 Å². The maximum atomic E-state index is 3.95. The summed E-state index contributed by atoms with van der Waals surface area (Å²) in [5, 5.41) is 5.24. The van der Waals surface area contributed by atoms with Gasteiger partial charge in [0.25, 0.3) is 0 Å². The summed E-state index contributed by atoms with van der Waals surface area (Å²) in [6.07, 6.45) is 0. The average Bonchev–Trinajstić information content (AvgIpc) is 1.83. The van der Waals surface area contributed by atoms with Gasteiger partial charge < -0.3 is 5.01 Å². The summed E-state index contributed by atoms with van der Waals surface area (Å²) in [6, 6.07) is 0. The van der Waals surface area contributed by atoms with E-state index in [9.17, 15) is 0 Å². The van der Waals surface area contributed by atoms with Crippen molar-refractivity contribution < 1.29 is 0 Å². The van der Waals surface area contributed by atoms with Gasteiger partial charge in [0.1, 0.15) is 0 Å². The average molecular weight is 141 g/mol. The van der Waals surface area contributed by atoms with Crippen LogP contribution in [0.3, 0.4) is 0 Å². The van der Waals surface area contributed by atoms with E-state index in [0.717, 1.165) is 12.4 Å². The molecular formula is C7H15N3. The Morgan fingerprint density at radius 1 is 1.60 bits per heavy atom. The van der Waals surface area contributed by atoms with E-state index < -0.39 is 0 Å². The van der Waals surface area contributed by atoms with Crippen LogP contribution in [-0.2, 0) is 0 Å². The molecule has 0 aromatic carbocycles. The fraction of sp³-hybridized carbons (Fsp3) is 0.714. The van der Waals surface area contributed by atoms with E-state index in [1.165, 1.54) is 0 Å². The Kier molecular flexibility index (Phi) is 1.70. The summed E-state index contributed by atoms with van der Waals surface area (Å²) in [6.45, 7) is 8.99. The lowest BCUT2D eigenvalue weighted by Crippen LogP contribution is -2.59. The Morgan fingerprint density at radius 2 is 2.20 bits per heavy atom. The third kappa shape index (κ3) is 1.15. The van der Waals surface area contributed by atoms with E-state index in [4.69, 9.17) is 0 Å². The number of hydrazine groups is 1. The van der Waals surface area contributed by atoms with Crippen molar-refractivity contribution in [1.29, 1.82) is 0 Å². The first kappa shape index (κ1) is 7.57. The number of hydrogen-bond donors (Lipinski definition) is 2. The summed E-state index contributed by atoms with van der Waals surface area (Å²) >= 11 is 0. The van der Waals surface area contributed by atoms with Gasteiger partial charge in [0.05, 0.1) is 12.2 Å².